The van der Waals surface area contributed by atoms with Gasteiger partial charge >= 0.3 is 18.3 Å². The average Bonchev–Trinajstić information content (AvgIpc) is 2.36. The molecule has 0 aromatic heterocycles. The van der Waals surface area contributed by atoms with Gasteiger partial charge in [0.25, 0.3) is 0 Å². The monoisotopic (exact) mass is 341 g/mol. The summed E-state index contributed by atoms with van der Waals surface area (Å²) in [6.45, 7) is 1.91. The highest BCUT2D eigenvalue weighted by molar-refractivity contribution is 5.73. The predicted octanol–water partition coefficient (Wildman–Crippen LogP) is 3.57. The summed E-state index contributed by atoms with van der Waals surface area (Å²) in [4.78, 5) is 8.90. The van der Waals surface area contributed by atoms with Crippen LogP contribution in [-0.2, 0) is 11.0 Å². The smallest absolute Gasteiger partial charge is 0.475 e. The fourth-order valence-electron chi connectivity index (χ4n) is 1.48. The van der Waals surface area contributed by atoms with Crippen molar-refractivity contribution in [1.82, 2.24) is 5.32 Å². The molecule has 1 aliphatic heterocycles. The highest BCUT2D eigenvalue weighted by atomic mass is 19.4. The van der Waals surface area contributed by atoms with Crippen molar-refractivity contribution in [3.8, 4) is 0 Å². The highest BCUT2D eigenvalue weighted by Gasteiger charge is 2.38. The van der Waals surface area contributed by atoms with E-state index >= 15 is 0 Å². The lowest BCUT2D eigenvalue weighted by molar-refractivity contribution is -0.192. The lowest BCUT2D eigenvalue weighted by Gasteiger charge is -2.23. The number of halogens is 6. The van der Waals surface area contributed by atoms with Crippen LogP contribution in [0.5, 0.6) is 0 Å². The molecule has 2 N–H and O–H groups in total. The summed E-state index contributed by atoms with van der Waals surface area (Å²) >= 11 is 0. The molecule has 2 rings (SSSR count). The molecule has 9 heteroatoms. The molecule has 0 saturated carbocycles. The molecule has 3 nitrogen and oxygen atoms in total. The molecular weight excluding hydrogens is 328 g/mol. The van der Waals surface area contributed by atoms with E-state index in [1.54, 1.807) is 0 Å². The third kappa shape index (κ3) is 6.72. The van der Waals surface area contributed by atoms with E-state index in [1.807, 2.05) is 12.2 Å². The van der Waals surface area contributed by atoms with Gasteiger partial charge in [0.05, 0.1) is 5.56 Å². The Morgan fingerprint density at radius 2 is 1.57 bits per heavy atom. The summed E-state index contributed by atoms with van der Waals surface area (Å²) in [7, 11) is 0. The van der Waals surface area contributed by atoms with Crippen molar-refractivity contribution in [2.75, 3.05) is 13.1 Å². The molecule has 1 heterocycles. The molecule has 23 heavy (non-hydrogen) atoms. The maximum absolute atomic E-state index is 12.3. The number of rotatable bonds is 2. The normalized spacial score (nSPS) is 15.7. The van der Waals surface area contributed by atoms with E-state index < -0.39 is 23.9 Å². The zero-order valence-electron chi connectivity index (χ0n) is 11.6. The molecule has 1 aliphatic rings. The van der Waals surface area contributed by atoms with Crippen LogP contribution in [0.25, 0.3) is 6.08 Å². The number of aliphatic carboxylic acids is 1. The Balaban J connectivity index is 0.000000322. The van der Waals surface area contributed by atoms with Crippen molar-refractivity contribution in [2.45, 2.75) is 12.4 Å². The number of nitrogens with one attached hydrogen (secondary N) is 1. The van der Waals surface area contributed by atoms with Gasteiger partial charge in [0.2, 0.25) is 0 Å². The molecule has 0 unspecified atom stereocenters. The number of hydrogen-bond acceptors (Lipinski definition) is 2. The second-order valence-electron chi connectivity index (χ2n) is 4.70. The van der Waals surface area contributed by atoms with Gasteiger partial charge in [0.15, 0.2) is 0 Å². The zero-order valence-corrected chi connectivity index (χ0v) is 11.6. The van der Waals surface area contributed by atoms with Crippen LogP contribution in [0, 0.1) is 5.92 Å². The van der Waals surface area contributed by atoms with Crippen LogP contribution in [0.4, 0.5) is 26.3 Å². The summed E-state index contributed by atoms with van der Waals surface area (Å²) in [5, 5.41) is 10.3. The third-order valence-electron chi connectivity index (χ3n) is 2.85. The van der Waals surface area contributed by atoms with Crippen LogP contribution in [0.3, 0.4) is 0 Å². The van der Waals surface area contributed by atoms with E-state index in [1.165, 1.54) is 12.1 Å². The van der Waals surface area contributed by atoms with Crippen molar-refractivity contribution >= 4 is 12.0 Å². The number of benzene rings is 1. The fraction of sp³-hybridized carbons (Fsp3) is 0.357. The van der Waals surface area contributed by atoms with Crippen LogP contribution < -0.4 is 5.32 Å². The van der Waals surface area contributed by atoms with Crippen LogP contribution in [-0.4, -0.2) is 30.3 Å². The minimum atomic E-state index is -5.08. The van der Waals surface area contributed by atoms with Gasteiger partial charge in [0.1, 0.15) is 0 Å². The SMILES string of the molecule is FC(F)(F)c1ccc(/C=C/C2CNC2)cc1.O=C(O)C(F)(F)F. The minimum Gasteiger partial charge on any atom is -0.475 e. The lowest BCUT2D eigenvalue weighted by Crippen LogP contribution is -2.40. The Hall–Kier alpha value is -2.03. The first-order valence-electron chi connectivity index (χ1n) is 6.36. The molecule has 0 aliphatic carbocycles. The first-order valence-corrected chi connectivity index (χ1v) is 6.36. The van der Waals surface area contributed by atoms with Gasteiger partial charge in [-0.05, 0) is 17.7 Å². The van der Waals surface area contributed by atoms with Gasteiger partial charge in [-0.2, -0.15) is 26.3 Å². The Morgan fingerprint density at radius 3 is 1.87 bits per heavy atom. The maximum atomic E-state index is 12.3. The van der Waals surface area contributed by atoms with Gasteiger partial charge in [-0.15, -0.1) is 0 Å². The van der Waals surface area contributed by atoms with E-state index in [0.29, 0.717) is 5.92 Å². The molecule has 0 spiro atoms. The van der Waals surface area contributed by atoms with E-state index in [2.05, 4.69) is 5.32 Å². The third-order valence-corrected chi connectivity index (χ3v) is 2.85. The summed E-state index contributed by atoms with van der Waals surface area (Å²) in [5.41, 5.74) is 0.204. The van der Waals surface area contributed by atoms with E-state index in [9.17, 15) is 26.3 Å². The number of carboxylic acid groups (broad SMARTS) is 1. The van der Waals surface area contributed by atoms with Crippen molar-refractivity contribution in [1.29, 1.82) is 0 Å². The molecule has 0 bridgehead atoms. The van der Waals surface area contributed by atoms with Crippen molar-refractivity contribution in [2.24, 2.45) is 5.92 Å². The summed E-state index contributed by atoms with van der Waals surface area (Å²) in [6.07, 6.45) is -5.44. The van der Waals surface area contributed by atoms with Gasteiger partial charge < -0.3 is 10.4 Å². The van der Waals surface area contributed by atoms with E-state index in [-0.39, 0.29) is 0 Å². The summed E-state index contributed by atoms with van der Waals surface area (Å²) in [6, 6.07) is 5.20. The number of hydrogen-bond donors (Lipinski definition) is 2. The number of carboxylic acids is 1. The van der Waals surface area contributed by atoms with Crippen molar-refractivity contribution < 1.29 is 36.2 Å². The van der Waals surface area contributed by atoms with E-state index in [0.717, 1.165) is 30.8 Å². The highest BCUT2D eigenvalue weighted by Crippen LogP contribution is 2.29. The minimum absolute atomic E-state index is 0.516. The maximum Gasteiger partial charge on any atom is 0.490 e. The Morgan fingerprint density at radius 1 is 1.09 bits per heavy atom. The molecule has 1 fully saturated rings. The predicted molar refractivity (Wildman–Crippen MR) is 70.5 cm³/mol. The fourth-order valence-corrected chi connectivity index (χ4v) is 1.48. The second-order valence-corrected chi connectivity index (χ2v) is 4.70. The summed E-state index contributed by atoms with van der Waals surface area (Å²) in [5.74, 6) is -2.24. The largest absolute Gasteiger partial charge is 0.490 e. The molecule has 0 radical (unpaired) electrons. The quantitative estimate of drug-likeness (QED) is 0.809. The van der Waals surface area contributed by atoms with E-state index in [4.69, 9.17) is 9.90 Å². The van der Waals surface area contributed by atoms with Gasteiger partial charge in [-0.1, -0.05) is 24.3 Å². The van der Waals surface area contributed by atoms with Gasteiger partial charge in [-0.25, -0.2) is 4.79 Å². The molecule has 1 aromatic carbocycles. The Labute approximate surface area is 127 Å². The molecular formula is C14H13F6NO2. The standard InChI is InChI=1S/C12H12F3N.C2HF3O2/c13-12(14,15)11-5-3-9(4-6-11)1-2-10-7-16-8-10;3-2(4,5)1(6)7/h1-6,10,16H,7-8H2;(H,6,7)/b2-1+;. The first-order chi connectivity index (χ1) is 10.5. The average molecular weight is 341 g/mol. The first kappa shape index (κ1) is 19.0. The Bertz CT molecular complexity index is 544. The lowest BCUT2D eigenvalue weighted by atomic mass is 10.0. The summed E-state index contributed by atoms with van der Waals surface area (Å²) < 4.78 is 68.5. The van der Waals surface area contributed by atoms with Crippen molar-refractivity contribution in [3.05, 3.63) is 41.5 Å². The number of carbonyl (C=O) groups is 1. The topological polar surface area (TPSA) is 49.3 Å². The second kappa shape index (κ2) is 7.49. The molecule has 0 amide bonds. The van der Waals surface area contributed by atoms with Gasteiger partial charge in [-0.3, -0.25) is 0 Å². The molecule has 1 aromatic rings. The van der Waals surface area contributed by atoms with Crippen molar-refractivity contribution in [3.63, 3.8) is 0 Å². The van der Waals surface area contributed by atoms with Crippen LogP contribution in [0.1, 0.15) is 11.1 Å². The number of alkyl halides is 6. The molecule has 1 saturated heterocycles. The van der Waals surface area contributed by atoms with Crippen LogP contribution >= 0.6 is 0 Å². The van der Waals surface area contributed by atoms with Crippen LogP contribution in [0.2, 0.25) is 0 Å². The van der Waals surface area contributed by atoms with Crippen LogP contribution in [0.15, 0.2) is 30.3 Å². The Kier molecular flexibility index (Phi) is 6.20. The zero-order chi connectivity index (χ0) is 17.7. The molecule has 128 valence electrons. The van der Waals surface area contributed by atoms with Gasteiger partial charge in [0, 0.05) is 19.0 Å². The molecule has 0 atom stereocenters.